The Hall–Kier alpha value is -1.16. The molecular weight excluding hydrogens is 176 g/mol. The van der Waals surface area contributed by atoms with Gasteiger partial charge < -0.3 is 11.1 Å². The standard InChI is InChI=1S/C10H18N4/c1-7(2)9(11)6-12-10-5-4-8(3)13-14-10/h4-5,7,9H,6,11H2,1-3H3,(H,12,14). The highest BCUT2D eigenvalue weighted by Gasteiger charge is 2.06. The van der Waals surface area contributed by atoms with Crippen molar-refractivity contribution >= 4 is 5.82 Å². The molecule has 4 heteroatoms. The molecule has 4 nitrogen and oxygen atoms in total. The first kappa shape index (κ1) is 10.9. The molecule has 0 radical (unpaired) electrons. The number of nitrogens with two attached hydrogens (primary N) is 1. The Kier molecular flexibility index (Phi) is 3.83. The van der Waals surface area contributed by atoms with Gasteiger partial charge in [-0.15, -0.1) is 5.10 Å². The van der Waals surface area contributed by atoms with Crippen LogP contribution in [0.2, 0.25) is 0 Å². The molecule has 0 spiro atoms. The summed E-state index contributed by atoms with van der Waals surface area (Å²) in [4.78, 5) is 0. The number of aryl methyl sites for hydroxylation is 1. The first-order chi connectivity index (χ1) is 6.59. The van der Waals surface area contributed by atoms with E-state index < -0.39 is 0 Å². The third-order valence-corrected chi connectivity index (χ3v) is 2.17. The largest absolute Gasteiger partial charge is 0.367 e. The summed E-state index contributed by atoms with van der Waals surface area (Å²) in [5, 5.41) is 11.1. The van der Waals surface area contributed by atoms with Gasteiger partial charge in [0.05, 0.1) is 5.69 Å². The smallest absolute Gasteiger partial charge is 0.148 e. The molecule has 1 aromatic rings. The first-order valence-electron chi connectivity index (χ1n) is 4.89. The number of anilines is 1. The van der Waals surface area contributed by atoms with Gasteiger partial charge in [0.2, 0.25) is 0 Å². The lowest BCUT2D eigenvalue weighted by atomic mass is 10.1. The Bertz CT molecular complexity index is 268. The Morgan fingerprint density at radius 3 is 2.57 bits per heavy atom. The van der Waals surface area contributed by atoms with Crippen LogP contribution in [-0.4, -0.2) is 22.8 Å². The maximum atomic E-state index is 5.88. The molecule has 1 atom stereocenters. The summed E-state index contributed by atoms with van der Waals surface area (Å²) in [7, 11) is 0. The van der Waals surface area contributed by atoms with Crippen LogP contribution in [0.4, 0.5) is 5.82 Å². The van der Waals surface area contributed by atoms with Crippen molar-refractivity contribution in [2.75, 3.05) is 11.9 Å². The van der Waals surface area contributed by atoms with Gasteiger partial charge in [0.1, 0.15) is 5.82 Å². The third-order valence-electron chi connectivity index (χ3n) is 2.17. The van der Waals surface area contributed by atoms with E-state index in [2.05, 4.69) is 29.4 Å². The monoisotopic (exact) mass is 194 g/mol. The Morgan fingerprint density at radius 2 is 2.07 bits per heavy atom. The average molecular weight is 194 g/mol. The van der Waals surface area contributed by atoms with Crippen molar-refractivity contribution in [3.05, 3.63) is 17.8 Å². The van der Waals surface area contributed by atoms with E-state index in [0.717, 1.165) is 18.1 Å². The highest BCUT2D eigenvalue weighted by atomic mass is 15.2. The number of aromatic nitrogens is 2. The lowest BCUT2D eigenvalue weighted by Gasteiger charge is -2.16. The summed E-state index contributed by atoms with van der Waals surface area (Å²) in [6, 6.07) is 3.99. The molecule has 14 heavy (non-hydrogen) atoms. The number of nitrogens with one attached hydrogen (secondary N) is 1. The van der Waals surface area contributed by atoms with E-state index in [-0.39, 0.29) is 6.04 Å². The molecule has 0 aliphatic heterocycles. The minimum atomic E-state index is 0.151. The van der Waals surface area contributed by atoms with E-state index in [1.54, 1.807) is 0 Å². The maximum absolute atomic E-state index is 5.88. The van der Waals surface area contributed by atoms with Crippen molar-refractivity contribution in [2.45, 2.75) is 26.8 Å². The lowest BCUT2D eigenvalue weighted by Crippen LogP contribution is -2.34. The molecule has 0 aliphatic rings. The quantitative estimate of drug-likeness (QED) is 0.755. The summed E-state index contributed by atoms with van der Waals surface area (Å²) in [6.45, 7) is 6.85. The fourth-order valence-electron chi connectivity index (χ4n) is 0.951. The third kappa shape index (κ3) is 3.30. The second kappa shape index (κ2) is 4.91. The molecule has 0 saturated carbocycles. The highest BCUT2D eigenvalue weighted by molar-refractivity contribution is 5.32. The lowest BCUT2D eigenvalue weighted by molar-refractivity contribution is 0.511. The van der Waals surface area contributed by atoms with Crippen molar-refractivity contribution in [2.24, 2.45) is 11.7 Å². The molecule has 3 N–H and O–H groups in total. The van der Waals surface area contributed by atoms with Crippen LogP contribution in [0.3, 0.4) is 0 Å². The molecule has 0 aliphatic carbocycles. The van der Waals surface area contributed by atoms with E-state index in [9.17, 15) is 0 Å². The summed E-state index contributed by atoms with van der Waals surface area (Å²) in [5.41, 5.74) is 6.80. The Labute approximate surface area is 84.9 Å². The molecule has 0 bridgehead atoms. The van der Waals surface area contributed by atoms with E-state index in [1.807, 2.05) is 19.1 Å². The Morgan fingerprint density at radius 1 is 1.36 bits per heavy atom. The van der Waals surface area contributed by atoms with Crippen LogP contribution in [0.5, 0.6) is 0 Å². The van der Waals surface area contributed by atoms with Crippen LogP contribution in [0.15, 0.2) is 12.1 Å². The van der Waals surface area contributed by atoms with Gasteiger partial charge in [-0.2, -0.15) is 5.10 Å². The fraction of sp³-hybridized carbons (Fsp3) is 0.600. The van der Waals surface area contributed by atoms with Crippen LogP contribution in [0, 0.1) is 12.8 Å². The van der Waals surface area contributed by atoms with Gasteiger partial charge in [0.15, 0.2) is 0 Å². The topological polar surface area (TPSA) is 63.8 Å². The van der Waals surface area contributed by atoms with Crippen molar-refractivity contribution in [3.63, 3.8) is 0 Å². The van der Waals surface area contributed by atoms with Crippen molar-refractivity contribution in [1.82, 2.24) is 10.2 Å². The minimum absolute atomic E-state index is 0.151. The predicted octanol–water partition coefficient (Wildman–Crippen LogP) is 1.18. The van der Waals surface area contributed by atoms with Gasteiger partial charge >= 0.3 is 0 Å². The predicted molar refractivity (Wildman–Crippen MR) is 58.1 cm³/mol. The van der Waals surface area contributed by atoms with Gasteiger partial charge in [-0.1, -0.05) is 13.8 Å². The molecule has 0 saturated heterocycles. The van der Waals surface area contributed by atoms with Crippen LogP contribution >= 0.6 is 0 Å². The summed E-state index contributed by atoms with van der Waals surface area (Å²) in [6.07, 6.45) is 0. The van der Waals surface area contributed by atoms with Gasteiger partial charge in [-0.25, -0.2) is 0 Å². The van der Waals surface area contributed by atoms with E-state index >= 15 is 0 Å². The van der Waals surface area contributed by atoms with Gasteiger partial charge in [-0.05, 0) is 25.0 Å². The molecule has 0 aromatic carbocycles. The second-order valence-electron chi connectivity index (χ2n) is 3.85. The van der Waals surface area contributed by atoms with Crippen LogP contribution < -0.4 is 11.1 Å². The molecule has 1 heterocycles. The molecule has 1 unspecified atom stereocenters. The average Bonchev–Trinajstić information content (AvgIpc) is 2.16. The van der Waals surface area contributed by atoms with Crippen molar-refractivity contribution in [3.8, 4) is 0 Å². The van der Waals surface area contributed by atoms with Gasteiger partial charge in [-0.3, -0.25) is 0 Å². The minimum Gasteiger partial charge on any atom is -0.367 e. The molecular formula is C10H18N4. The number of hydrogen-bond donors (Lipinski definition) is 2. The number of nitrogens with zero attached hydrogens (tertiary/aromatic N) is 2. The summed E-state index contributed by atoms with van der Waals surface area (Å²) >= 11 is 0. The zero-order valence-corrected chi connectivity index (χ0v) is 8.99. The normalized spacial score (nSPS) is 12.9. The van der Waals surface area contributed by atoms with Crippen LogP contribution in [-0.2, 0) is 0 Å². The maximum Gasteiger partial charge on any atom is 0.148 e. The first-order valence-corrected chi connectivity index (χ1v) is 4.89. The SMILES string of the molecule is Cc1ccc(NCC(N)C(C)C)nn1. The zero-order valence-electron chi connectivity index (χ0n) is 8.99. The molecule has 0 fully saturated rings. The van der Waals surface area contributed by atoms with Gasteiger partial charge in [0, 0.05) is 12.6 Å². The van der Waals surface area contributed by atoms with E-state index in [0.29, 0.717) is 5.92 Å². The van der Waals surface area contributed by atoms with Crippen LogP contribution in [0.1, 0.15) is 19.5 Å². The van der Waals surface area contributed by atoms with Gasteiger partial charge in [0.25, 0.3) is 0 Å². The van der Waals surface area contributed by atoms with E-state index in [4.69, 9.17) is 5.73 Å². The molecule has 78 valence electrons. The van der Waals surface area contributed by atoms with Crippen molar-refractivity contribution < 1.29 is 0 Å². The summed E-state index contributed by atoms with van der Waals surface area (Å²) < 4.78 is 0. The van der Waals surface area contributed by atoms with Crippen molar-refractivity contribution in [1.29, 1.82) is 0 Å². The molecule has 1 aromatic heterocycles. The fourth-order valence-corrected chi connectivity index (χ4v) is 0.951. The summed E-state index contributed by atoms with van der Waals surface area (Å²) in [5.74, 6) is 1.26. The Balaban J connectivity index is 2.42. The highest BCUT2D eigenvalue weighted by Crippen LogP contribution is 2.03. The number of rotatable bonds is 4. The molecule has 1 rings (SSSR count). The second-order valence-corrected chi connectivity index (χ2v) is 3.85. The number of hydrogen-bond acceptors (Lipinski definition) is 4. The zero-order chi connectivity index (χ0) is 10.6. The van der Waals surface area contributed by atoms with Crippen LogP contribution in [0.25, 0.3) is 0 Å². The van der Waals surface area contributed by atoms with E-state index in [1.165, 1.54) is 0 Å². The molecule has 0 amide bonds.